The van der Waals surface area contributed by atoms with E-state index in [1.54, 1.807) is 56.9 Å². The maximum atomic E-state index is 13.7. The summed E-state index contributed by atoms with van der Waals surface area (Å²) in [6.45, 7) is 1.41. The molecular formula is C28H32N2O6S. The Labute approximate surface area is 221 Å². The third-order valence-corrected chi connectivity index (χ3v) is 7.36. The van der Waals surface area contributed by atoms with E-state index in [1.165, 1.54) is 9.78 Å². The molecule has 0 saturated heterocycles. The molecule has 1 aliphatic heterocycles. The average Bonchev–Trinajstić information content (AvgIpc) is 3.43. The maximum absolute atomic E-state index is 13.7. The van der Waals surface area contributed by atoms with E-state index in [9.17, 15) is 9.59 Å². The Morgan fingerprint density at radius 3 is 2.49 bits per heavy atom. The van der Waals surface area contributed by atoms with Crippen LogP contribution < -0.4 is 14.2 Å². The van der Waals surface area contributed by atoms with Crippen LogP contribution in [0.1, 0.15) is 26.8 Å². The van der Waals surface area contributed by atoms with Gasteiger partial charge >= 0.3 is 0 Å². The molecular weight excluding hydrogens is 492 g/mol. The van der Waals surface area contributed by atoms with Crippen molar-refractivity contribution in [2.75, 3.05) is 54.2 Å². The van der Waals surface area contributed by atoms with Crippen molar-refractivity contribution in [3.63, 3.8) is 0 Å². The molecule has 2 amide bonds. The summed E-state index contributed by atoms with van der Waals surface area (Å²) in [4.78, 5) is 31.7. The van der Waals surface area contributed by atoms with Crippen molar-refractivity contribution in [2.45, 2.75) is 12.5 Å². The van der Waals surface area contributed by atoms with Gasteiger partial charge in [0.2, 0.25) is 5.91 Å². The van der Waals surface area contributed by atoms with Gasteiger partial charge in [0.15, 0.2) is 0 Å². The van der Waals surface area contributed by atoms with Crippen molar-refractivity contribution in [2.24, 2.45) is 0 Å². The number of carbonyl (C=O) groups is 2. The molecule has 0 fully saturated rings. The second-order valence-electron chi connectivity index (χ2n) is 8.59. The number of ether oxygens (including phenoxy) is 4. The number of carbonyl (C=O) groups excluding carboxylic acids is 2. The van der Waals surface area contributed by atoms with Crippen molar-refractivity contribution in [3.05, 3.63) is 76.0 Å². The molecule has 0 spiro atoms. The Morgan fingerprint density at radius 2 is 1.73 bits per heavy atom. The summed E-state index contributed by atoms with van der Waals surface area (Å²) in [5.74, 6) is 1.57. The quantitative estimate of drug-likeness (QED) is 0.377. The van der Waals surface area contributed by atoms with Gasteiger partial charge in [0.05, 0.1) is 26.9 Å². The van der Waals surface area contributed by atoms with Gasteiger partial charge in [-0.2, -0.15) is 0 Å². The van der Waals surface area contributed by atoms with E-state index < -0.39 is 0 Å². The summed E-state index contributed by atoms with van der Waals surface area (Å²) in [6, 6.07) is 16.1. The van der Waals surface area contributed by atoms with Gasteiger partial charge < -0.3 is 28.7 Å². The number of nitrogens with zero attached hydrogens (tertiary/aromatic N) is 2. The van der Waals surface area contributed by atoms with Crippen LogP contribution >= 0.6 is 11.3 Å². The van der Waals surface area contributed by atoms with Gasteiger partial charge in [0.1, 0.15) is 30.4 Å². The molecule has 0 saturated carbocycles. The van der Waals surface area contributed by atoms with Crippen molar-refractivity contribution >= 4 is 23.2 Å². The van der Waals surface area contributed by atoms with Gasteiger partial charge in [-0.3, -0.25) is 9.59 Å². The van der Waals surface area contributed by atoms with E-state index in [2.05, 4.69) is 6.07 Å². The highest BCUT2D eigenvalue weighted by Crippen LogP contribution is 2.34. The minimum Gasteiger partial charge on any atom is -0.497 e. The summed E-state index contributed by atoms with van der Waals surface area (Å²) in [6.07, 6.45) is 0.774. The molecule has 0 radical (unpaired) electrons. The SMILES string of the molecule is COCCN(CC(=O)N1CCc2sccc2[C@@H]1COc1cccc(OC)c1)C(=O)c1cccc(OC)c1. The fourth-order valence-corrected chi connectivity index (χ4v) is 5.32. The lowest BCUT2D eigenvalue weighted by atomic mass is 10.0. The van der Waals surface area contributed by atoms with Crippen LogP contribution in [-0.2, 0) is 16.0 Å². The summed E-state index contributed by atoms with van der Waals surface area (Å²) in [5, 5.41) is 2.05. The number of thiophene rings is 1. The molecule has 0 aliphatic carbocycles. The highest BCUT2D eigenvalue weighted by atomic mass is 32.1. The predicted octanol–water partition coefficient (Wildman–Crippen LogP) is 4.06. The van der Waals surface area contributed by atoms with Crippen LogP contribution in [0, 0.1) is 0 Å². The van der Waals surface area contributed by atoms with Gasteiger partial charge in [-0.15, -0.1) is 11.3 Å². The smallest absolute Gasteiger partial charge is 0.254 e. The van der Waals surface area contributed by atoms with Gasteiger partial charge in [-0.25, -0.2) is 0 Å². The van der Waals surface area contributed by atoms with Gasteiger partial charge in [0, 0.05) is 36.7 Å². The molecule has 1 aliphatic rings. The average molecular weight is 525 g/mol. The van der Waals surface area contributed by atoms with Crippen LogP contribution in [-0.4, -0.2) is 75.8 Å². The van der Waals surface area contributed by atoms with E-state index >= 15 is 0 Å². The zero-order valence-electron chi connectivity index (χ0n) is 21.3. The lowest BCUT2D eigenvalue weighted by Crippen LogP contribution is -2.48. The minimum absolute atomic E-state index is 0.0610. The third kappa shape index (κ3) is 6.42. The summed E-state index contributed by atoms with van der Waals surface area (Å²) in [7, 11) is 4.74. The molecule has 196 valence electrons. The van der Waals surface area contributed by atoms with Gasteiger partial charge in [-0.05, 0) is 53.8 Å². The van der Waals surface area contributed by atoms with Crippen LogP contribution in [0.4, 0.5) is 0 Å². The summed E-state index contributed by atoms with van der Waals surface area (Å²) in [5.41, 5.74) is 1.55. The van der Waals surface area contributed by atoms with E-state index in [0.29, 0.717) is 49.1 Å². The lowest BCUT2D eigenvalue weighted by molar-refractivity contribution is -0.135. The first kappa shape index (κ1) is 26.5. The fraction of sp³-hybridized carbons (Fsp3) is 0.357. The number of fused-ring (bicyclic) bond motifs is 1. The second-order valence-corrected chi connectivity index (χ2v) is 9.59. The number of hydrogen-bond donors (Lipinski definition) is 0. The molecule has 8 nitrogen and oxygen atoms in total. The van der Waals surface area contributed by atoms with E-state index in [0.717, 1.165) is 12.0 Å². The maximum Gasteiger partial charge on any atom is 0.254 e. The number of methoxy groups -OCH3 is 3. The zero-order valence-corrected chi connectivity index (χ0v) is 22.2. The number of hydrogen-bond acceptors (Lipinski definition) is 7. The number of amides is 2. The highest BCUT2D eigenvalue weighted by Gasteiger charge is 2.33. The Hall–Kier alpha value is -3.56. The molecule has 3 aromatic rings. The molecule has 1 aromatic heterocycles. The standard InChI is InChI=1S/C28H32N2O6S/c1-33-14-13-29(28(32)20-6-4-7-21(16-20)34-2)18-27(31)30-12-10-26-24(11-15-37-26)25(30)19-36-23-9-5-8-22(17-23)35-3/h4-9,11,15-17,25H,10,12-14,18-19H2,1-3H3/t25-/m0/s1. The molecule has 2 heterocycles. The van der Waals surface area contributed by atoms with Gasteiger partial charge in [-0.1, -0.05) is 12.1 Å². The molecule has 37 heavy (non-hydrogen) atoms. The molecule has 0 bridgehead atoms. The lowest BCUT2D eigenvalue weighted by Gasteiger charge is -2.37. The predicted molar refractivity (Wildman–Crippen MR) is 142 cm³/mol. The van der Waals surface area contributed by atoms with E-state index in [-0.39, 0.29) is 24.4 Å². The first-order chi connectivity index (χ1) is 18.0. The Bertz CT molecular complexity index is 1210. The van der Waals surface area contributed by atoms with Crippen LogP contribution in [0.3, 0.4) is 0 Å². The Morgan fingerprint density at radius 1 is 1.00 bits per heavy atom. The summed E-state index contributed by atoms with van der Waals surface area (Å²) < 4.78 is 21.9. The third-order valence-electron chi connectivity index (χ3n) is 6.36. The highest BCUT2D eigenvalue weighted by molar-refractivity contribution is 7.10. The van der Waals surface area contributed by atoms with Crippen molar-refractivity contribution in [3.8, 4) is 17.2 Å². The Kier molecular flexibility index (Phi) is 9.03. The van der Waals surface area contributed by atoms with E-state index in [4.69, 9.17) is 18.9 Å². The Balaban J connectivity index is 1.53. The van der Waals surface area contributed by atoms with Crippen LogP contribution in [0.5, 0.6) is 17.2 Å². The molecule has 1 atom stereocenters. The monoisotopic (exact) mass is 524 g/mol. The van der Waals surface area contributed by atoms with Crippen LogP contribution in [0.15, 0.2) is 60.0 Å². The normalized spacial score (nSPS) is 14.6. The topological polar surface area (TPSA) is 77.5 Å². The fourth-order valence-electron chi connectivity index (χ4n) is 4.39. The van der Waals surface area contributed by atoms with E-state index in [1.807, 2.05) is 34.5 Å². The first-order valence-corrected chi connectivity index (χ1v) is 13.0. The van der Waals surface area contributed by atoms with Crippen molar-refractivity contribution in [1.82, 2.24) is 9.80 Å². The molecule has 9 heteroatoms. The zero-order chi connectivity index (χ0) is 26.2. The van der Waals surface area contributed by atoms with Crippen molar-refractivity contribution in [1.29, 1.82) is 0 Å². The van der Waals surface area contributed by atoms with Crippen LogP contribution in [0.25, 0.3) is 0 Å². The number of benzene rings is 2. The minimum atomic E-state index is -0.259. The molecule has 4 rings (SSSR count). The largest absolute Gasteiger partial charge is 0.497 e. The first-order valence-electron chi connectivity index (χ1n) is 12.1. The summed E-state index contributed by atoms with van der Waals surface area (Å²) >= 11 is 1.69. The van der Waals surface area contributed by atoms with Gasteiger partial charge in [0.25, 0.3) is 5.91 Å². The molecule has 0 unspecified atom stereocenters. The number of rotatable bonds is 11. The second kappa shape index (κ2) is 12.6. The van der Waals surface area contributed by atoms with Crippen molar-refractivity contribution < 1.29 is 28.5 Å². The molecule has 0 N–H and O–H groups in total. The molecule has 2 aromatic carbocycles. The van der Waals surface area contributed by atoms with Crippen LogP contribution in [0.2, 0.25) is 0 Å².